The van der Waals surface area contributed by atoms with Crippen molar-refractivity contribution >= 4 is 16.7 Å². The Hall–Kier alpha value is -4.53. The van der Waals surface area contributed by atoms with Gasteiger partial charge in [0.15, 0.2) is 0 Å². The molecule has 0 amide bonds. The molecule has 0 atom stereocenters. The summed E-state index contributed by atoms with van der Waals surface area (Å²) in [5, 5.41) is 0. The lowest BCUT2D eigenvalue weighted by Crippen LogP contribution is -2.00. The van der Waals surface area contributed by atoms with Crippen LogP contribution in [-0.4, -0.2) is 45.4 Å². The van der Waals surface area contributed by atoms with Crippen LogP contribution in [0.5, 0.6) is 17.4 Å². The number of rotatable bonds is 6. The Labute approximate surface area is 202 Å². The van der Waals surface area contributed by atoms with Gasteiger partial charge in [0.1, 0.15) is 28.5 Å². The number of anilines is 1. The maximum Gasteiger partial charge on any atom is 0.238 e. The Morgan fingerprint density at radius 1 is 0.886 bits per heavy atom. The highest BCUT2D eigenvalue weighted by Crippen LogP contribution is 2.36. The highest BCUT2D eigenvalue weighted by Gasteiger charge is 2.18. The van der Waals surface area contributed by atoms with E-state index in [1.165, 1.54) is 0 Å². The molecule has 9 heteroatoms. The predicted octanol–water partition coefficient (Wildman–Crippen LogP) is 4.40. The van der Waals surface area contributed by atoms with Gasteiger partial charge in [-0.25, -0.2) is 15.0 Å². The molecular formula is C26H26N6O3. The molecule has 0 radical (unpaired) electrons. The van der Waals surface area contributed by atoms with E-state index in [-0.39, 0.29) is 0 Å². The Balaban J connectivity index is 1.62. The summed E-state index contributed by atoms with van der Waals surface area (Å²) in [5.74, 6) is 2.59. The molecule has 0 saturated heterocycles. The Morgan fingerprint density at radius 2 is 1.63 bits per heavy atom. The van der Waals surface area contributed by atoms with Crippen molar-refractivity contribution in [1.29, 1.82) is 0 Å². The molecule has 0 bridgehead atoms. The van der Waals surface area contributed by atoms with Gasteiger partial charge in [0.05, 0.1) is 50.2 Å². The van der Waals surface area contributed by atoms with Gasteiger partial charge in [-0.05, 0) is 43.3 Å². The van der Waals surface area contributed by atoms with Crippen LogP contribution >= 0.6 is 0 Å². The molecular weight excluding hydrogens is 444 g/mol. The van der Waals surface area contributed by atoms with E-state index in [2.05, 4.69) is 4.98 Å². The van der Waals surface area contributed by atoms with E-state index < -0.39 is 0 Å². The Morgan fingerprint density at radius 3 is 2.26 bits per heavy atom. The molecule has 0 fully saturated rings. The number of methoxy groups -OCH3 is 3. The summed E-state index contributed by atoms with van der Waals surface area (Å²) in [7, 11) is 6.80. The standard InChI is InChI=1S/C26H26N6O3/c1-15-13-32(14-28-15)22-9-7-20(29-26(22)35-5)19-6-8-21-24(23(19)27)30-25(31(21)2)16-10-17(33-3)12-18(11-16)34-4/h6-14H,27H2,1-5H3. The molecule has 3 aromatic heterocycles. The van der Waals surface area contributed by atoms with Gasteiger partial charge in [-0.15, -0.1) is 0 Å². The molecule has 0 aliphatic carbocycles. The predicted molar refractivity (Wildman–Crippen MR) is 135 cm³/mol. The second-order valence-corrected chi connectivity index (χ2v) is 8.14. The topological polar surface area (TPSA) is 102 Å². The Bertz CT molecular complexity index is 1530. The smallest absolute Gasteiger partial charge is 0.238 e. The fraction of sp³-hybridized carbons (Fsp3) is 0.192. The van der Waals surface area contributed by atoms with Gasteiger partial charge in [0.25, 0.3) is 0 Å². The average molecular weight is 471 g/mol. The van der Waals surface area contributed by atoms with Crippen LogP contribution in [0, 0.1) is 6.92 Å². The second kappa shape index (κ2) is 8.68. The van der Waals surface area contributed by atoms with E-state index in [0.717, 1.165) is 33.8 Å². The number of imidazole rings is 2. The molecule has 178 valence electrons. The van der Waals surface area contributed by atoms with Gasteiger partial charge >= 0.3 is 0 Å². The number of aromatic nitrogens is 5. The zero-order valence-corrected chi connectivity index (χ0v) is 20.2. The number of aryl methyl sites for hydroxylation is 2. The first-order valence-electron chi connectivity index (χ1n) is 11.0. The number of ether oxygens (including phenoxy) is 3. The van der Waals surface area contributed by atoms with Crippen molar-refractivity contribution in [2.45, 2.75) is 6.92 Å². The van der Waals surface area contributed by atoms with Gasteiger partial charge in [0.2, 0.25) is 5.88 Å². The number of hydrogen-bond donors (Lipinski definition) is 1. The first-order valence-corrected chi connectivity index (χ1v) is 11.0. The molecule has 0 unspecified atom stereocenters. The van der Waals surface area contributed by atoms with Crippen molar-refractivity contribution in [1.82, 2.24) is 24.1 Å². The normalized spacial score (nSPS) is 11.1. The lowest BCUT2D eigenvalue weighted by molar-refractivity contribution is 0.394. The summed E-state index contributed by atoms with van der Waals surface area (Å²) in [4.78, 5) is 13.9. The third kappa shape index (κ3) is 3.80. The first-order chi connectivity index (χ1) is 16.9. The van der Waals surface area contributed by atoms with Gasteiger partial charge in [-0.1, -0.05) is 0 Å². The third-order valence-corrected chi connectivity index (χ3v) is 6.00. The van der Waals surface area contributed by atoms with Crippen LogP contribution in [0.15, 0.2) is 55.0 Å². The monoisotopic (exact) mass is 470 g/mol. The number of pyridine rings is 1. The molecule has 0 aliphatic rings. The lowest BCUT2D eigenvalue weighted by atomic mass is 10.1. The highest BCUT2D eigenvalue weighted by molar-refractivity contribution is 5.98. The van der Waals surface area contributed by atoms with Crippen molar-refractivity contribution in [3.63, 3.8) is 0 Å². The zero-order valence-electron chi connectivity index (χ0n) is 20.2. The van der Waals surface area contributed by atoms with E-state index in [0.29, 0.717) is 34.3 Å². The van der Waals surface area contributed by atoms with E-state index >= 15 is 0 Å². The molecule has 0 spiro atoms. The molecule has 2 N–H and O–H groups in total. The van der Waals surface area contributed by atoms with Crippen molar-refractivity contribution in [2.75, 3.05) is 27.1 Å². The summed E-state index contributed by atoms with van der Waals surface area (Å²) in [5.41, 5.74) is 12.8. The van der Waals surface area contributed by atoms with Crippen molar-refractivity contribution < 1.29 is 14.2 Å². The maximum atomic E-state index is 6.65. The first kappa shape index (κ1) is 22.3. The fourth-order valence-electron chi connectivity index (χ4n) is 4.18. The summed E-state index contributed by atoms with van der Waals surface area (Å²) >= 11 is 0. The van der Waals surface area contributed by atoms with Crippen LogP contribution in [0.4, 0.5) is 5.69 Å². The van der Waals surface area contributed by atoms with Crippen molar-refractivity contribution in [3.8, 4) is 45.7 Å². The lowest BCUT2D eigenvalue weighted by Gasteiger charge is -2.12. The SMILES string of the molecule is COc1cc(OC)cc(-c2nc3c(N)c(-c4ccc(-n5cnc(C)c5)c(OC)n4)ccc3n2C)c1. The maximum absolute atomic E-state index is 6.65. The molecule has 5 rings (SSSR count). The van der Waals surface area contributed by atoms with E-state index in [1.54, 1.807) is 27.7 Å². The molecule has 9 nitrogen and oxygen atoms in total. The quantitative estimate of drug-likeness (QED) is 0.367. The molecule has 0 aliphatic heterocycles. The molecule has 0 saturated carbocycles. The number of nitrogens with two attached hydrogens (primary N) is 1. The number of nitrogen functional groups attached to an aromatic ring is 1. The summed E-state index contributed by atoms with van der Waals surface area (Å²) in [6, 6.07) is 13.5. The Kier molecular flexibility index (Phi) is 5.52. The van der Waals surface area contributed by atoms with Crippen LogP contribution in [0.1, 0.15) is 5.69 Å². The van der Waals surface area contributed by atoms with Crippen LogP contribution < -0.4 is 19.9 Å². The van der Waals surface area contributed by atoms with Gasteiger partial charge in [-0.3, -0.25) is 0 Å². The minimum Gasteiger partial charge on any atom is -0.497 e. The molecule has 2 aromatic carbocycles. The van der Waals surface area contributed by atoms with Crippen molar-refractivity contribution in [3.05, 3.63) is 60.7 Å². The number of benzene rings is 2. The molecule has 35 heavy (non-hydrogen) atoms. The second-order valence-electron chi connectivity index (χ2n) is 8.14. The molecule has 3 heterocycles. The molecule has 5 aromatic rings. The number of nitrogens with zero attached hydrogens (tertiary/aromatic N) is 5. The van der Waals surface area contributed by atoms with Gasteiger partial charge in [0, 0.05) is 30.4 Å². The minimum atomic E-state index is 0.476. The summed E-state index contributed by atoms with van der Waals surface area (Å²) in [6.45, 7) is 1.93. The largest absolute Gasteiger partial charge is 0.497 e. The number of fused-ring (bicyclic) bond motifs is 1. The van der Waals surface area contributed by atoms with Crippen molar-refractivity contribution in [2.24, 2.45) is 7.05 Å². The van der Waals surface area contributed by atoms with Crippen LogP contribution in [0.25, 0.3) is 39.4 Å². The minimum absolute atomic E-state index is 0.476. The van der Waals surface area contributed by atoms with Gasteiger partial charge in [-0.2, -0.15) is 0 Å². The average Bonchev–Trinajstić information content (AvgIpc) is 3.47. The van der Waals surface area contributed by atoms with Crippen LogP contribution in [0.2, 0.25) is 0 Å². The fourth-order valence-corrected chi connectivity index (χ4v) is 4.18. The summed E-state index contributed by atoms with van der Waals surface area (Å²) in [6.07, 6.45) is 3.65. The van der Waals surface area contributed by atoms with E-state index in [9.17, 15) is 0 Å². The van der Waals surface area contributed by atoms with Crippen LogP contribution in [-0.2, 0) is 7.05 Å². The van der Waals surface area contributed by atoms with E-state index in [4.69, 9.17) is 29.9 Å². The van der Waals surface area contributed by atoms with E-state index in [1.807, 2.05) is 71.8 Å². The summed E-state index contributed by atoms with van der Waals surface area (Å²) < 4.78 is 20.3. The van der Waals surface area contributed by atoms with Gasteiger partial charge < -0.3 is 29.1 Å². The number of hydrogen-bond acceptors (Lipinski definition) is 7. The zero-order chi connectivity index (χ0) is 24.7. The highest BCUT2D eigenvalue weighted by atomic mass is 16.5. The van der Waals surface area contributed by atoms with Crippen LogP contribution in [0.3, 0.4) is 0 Å². The third-order valence-electron chi connectivity index (χ3n) is 6.00.